The molecule has 0 atom stereocenters. The predicted octanol–water partition coefficient (Wildman–Crippen LogP) is 7.24. The molecule has 4 aromatic carbocycles. The number of benzene rings is 4. The minimum atomic E-state index is -0.134. The maximum atomic E-state index is 12.8. The van der Waals surface area contributed by atoms with Gasteiger partial charge >= 0.3 is 0 Å². The van der Waals surface area contributed by atoms with Gasteiger partial charge in [0.25, 0.3) is 5.91 Å². The Morgan fingerprint density at radius 1 is 0.853 bits per heavy atom. The topological polar surface area (TPSA) is 43.3 Å². The summed E-state index contributed by atoms with van der Waals surface area (Å²) >= 11 is 1.76. The van der Waals surface area contributed by atoms with Crippen molar-refractivity contribution >= 4 is 45.2 Å². The molecule has 1 N–H and O–H groups in total. The van der Waals surface area contributed by atoms with Gasteiger partial charge in [0, 0.05) is 50.2 Å². The van der Waals surface area contributed by atoms with E-state index in [2.05, 4.69) is 65.3 Å². The smallest absolute Gasteiger partial charge is 0.255 e. The molecule has 0 bridgehead atoms. The number of fused-ring (bicyclic) bond motifs is 3. The SMILES string of the molecule is CCn1c2ccccc2c2cc(NC(=O)c3ccc(OCCSc4ccccc4)cc3)ccc21. The summed E-state index contributed by atoms with van der Waals surface area (Å²) in [5.41, 5.74) is 3.77. The van der Waals surface area contributed by atoms with E-state index in [0.717, 1.165) is 29.1 Å². The fraction of sp³-hybridized carbons (Fsp3) is 0.138. The molecule has 5 heteroatoms. The molecule has 1 aromatic heterocycles. The maximum Gasteiger partial charge on any atom is 0.255 e. The molecule has 0 aliphatic heterocycles. The molecule has 0 radical (unpaired) electrons. The number of aromatic nitrogens is 1. The van der Waals surface area contributed by atoms with Gasteiger partial charge in [0.15, 0.2) is 0 Å². The van der Waals surface area contributed by atoms with Gasteiger partial charge in [-0.25, -0.2) is 0 Å². The number of hydrogen-bond acceptors (Lipinski definition) is 3. The summed E-state index contributed by atoms with van der Waals surface area (Å²) < 4.78 is 8.13. The number of para-hydroxylation sites is 1. The van der Waals surface area contributed by atoms with Crippen LogP contribution in [-0.2, 0) is 6.54 Å². The van der Waals surface area contributed by atoms with E-state index in [0.29, 0.717) is 12.2 Å². The Morgan fingerprint density at radius 2 is 1.59 bits per heavy atom. The molecule has 0 aliphatic carbocycles. The third-order valence-electron chi connectivity index (χ3n) is 5.83. The summed E-state index contributed by atoms with van der Waals surface area (Å²) in [4.78, 5) is 14.1. The van der Waals surface area contributed by atoms with Crippen LogP contribution in [0.1, 0.15) is 17.3 Å². The van der Waals surface area contributed by atoms with Gasteiger partial charge in [-0.1, -0.05) is 36.4 Å². The van der Waals surface area contributed by atoms with Crippen molar-refractivity contribution in [2.75, 3.05) is 17.7 Å². The van der Waals surface area contributed by atoms with Crippen molar-refractivity contribution in [1.82, 2.24) is 4.57 Å². The monoisotopic (exact) mass is 466 g/mol. The number of nitrogens with zero attached hydrogens (tertiary/aromatic N) is 1. The zero-order chi connectivity index (χ0) is 23.3. The highest BCUT2D eigenvalue weighted by atomic mass is 32.2. The minimum absolute atomic E-state index is 0.134. The quantitative estimate of drug-likeness (QED) is 0.194. The van der Waals surface area contributed by atoms with Crippen LogP contribution >= 0.6 is 11.8 Å². The number of anilines is 1. The molecule has 1 heterocycles. The van der Waals surface area contributed by atoms with Crippen molar-refractivity contribution in [3.05, 3.63) is 103 Å². The Hall–Kier alpha value is -3.70. The molecule has 5 rings (SSSR count). The van der Waals surface area contributed by atoms with E-state index < -0.39 is 0 Å². The number of carbonyl (C=O) groups is 1. The molecule has 4 nitrogen and oxygen atoms in total. The van der Waals surface area contributed by atoms with Crippen LogP contribution in [0.4, 0.5) is 5.69 Å². The summed E-state index contributed by atoms with van der Waals surface area (Å²) in [6.07, 6.45) is 0. The van der Waals surface area contributed by atoms with E-state index in [4.69, 9.17) is 4.74 Å². The number of thioether (sulfide) groups is 1. The zero-order valence-electron chi connectivity index (χ0n) is 19.0. The molecule has 0 saturated carbocycles. The van der Waals surface area contributed by atoms with Crippen molar-refractivity contribution in [3.63, 3.8) is 0 Å². The Labute approximate surface area is 203 Å². The van der Waals surface area contributed by atoms with Gasteiger partial charge in [0.05, 0.1) is 6.61 Å². The lowest BCUT2D eigenvalue weighted by atomic mass is 10.1. The van der Waals surface area contributed by atoms with Crippen molar-refractivity contribution in [2.24, 2.45) is 0 Å². The Bertz CT molecular complexity index is 1430. The van der Waals surface area contributed by atoms with Crippen LogP contribution in [0, 0.1) is 0 Å². The number of hydrogen-bond donors (Lipinski definition) is 1. The first-order valence-electron chi connectivity index (χ1n) is 11.5. The van der Waals surface area contributed by atoms with Crippen molar-refractivity contribution in [1.29, 1.82) is 0 Å². The highest BCUT2D eigenvalue weighted by Crippen LogP contribution is 2.31. The number of aryl methyl sites for hydroxylation is 1. The second kappa shape index (κ2) is 10.1. The molecule has 0 aliphatic rings. The molecule has 0 spiro atoms. The normalized spacial score (nSPS) is 11.1. The van der Waals surface area contributed by atoms with Gasteiger partial charge in [0.2, 0.25) is 0 Å². The minimum Gasteiger partial charge on any atom is -0.493 e. The lowest BCUT2D eigenvalue weighted by Crippen LogP contribution is -2.11. The molecule has 5 aromatic rings. The highest BCUT2D eigenvalue weighted by molar-refractivity contribution is 7.99. The van der Waals surface area contributed by atoms with E-state index >= 15 is 0 Å². The first kappa shape index (κ1) is 22.1. The fourth-order valence-electron chi connectivity index (χ4n) is 4.21. The second-order valence-electron chi connectivity index (χ2n) is 7.98. The Balaban J connectivity index is 1.23. The number of amides is 1. The standard InChI is InChI=1S/C29H26N2O2S/c1-2-31-27-11-7-6-10-25(27)26-20-22(14-17-28(26)31)30-29(32)21-12-15-23(16-13-21)33-18-19-34-24-8-4-3-5-9-24/h3-17,20H,2,18-19H2,1H3,(H,30,32). The van der Waals surface area contributed by atoms with Crippen molar-refractivity contribution in [3.8, 4) is 5.75 Å². The first-order chi connectivity index (χ1) is 16.7. The summed E-state index contributed by atoms with van der Waals surface area (Å²) in [7, 11) is 0. The lowest BCUT2D eigenvalue weighted by Gasteiger charge is -2.09. The Morgan fingerprint density at radius 3 is 2.38 bits per heavy atom. The number of rotatable bonds is 8. The van der Waals surface area contributed by atoms with Crippen LogP contribution in [0.15, 0.2) is 102 Å². The predicted molar refractivity (Wildman–Crippen MR) is 142 cm³/mol. The van der Waals surface area contributed by atoms with Crippen LogP contribution < -0.4 is 10.1 Å². The molecular formula is C29H26N2O2S. The second-order valence-corrected chi connectivity index (χ2v) is 9.15. The van der Waals surface area contributed by atoms with E-state index in [9.17, 15) is 4.79 Å². The maximum absolute atomic E-state index is 12.8. The summed E-state index contributed by atoms with van der Waals surface area (Å²) in [5.74, 6) is 1.49. The van der Waals surface area contributed by atoms with Crippen LogP contribution in [0.5, 0.6) is 5.75 Å². The summed E-state index contributed by atoms with van der Waals surface area (Å²) in [6, 6.07) is 32.1. The lowest BCUT2D eigenvalue weighted by molar-refractivity contribution is 0.102. The van der Waals surface area contributed by atoms with Gasteiger partial charge in [-0.3, -0.25) is 4.79 Å². The van der Waals surface area contributed by atoms with Crippen LogP contribution in [0.2, 0.25) is 0 Å². The van der Waals surface area contributed by atoms with Crippen molar-refractivity contribution < 1.29 is 9.53 Å². The number of carbonyl (C=O) groups excluding carboxylic acids is 1. The van der Waals surface area contributed by atoms with Gasteiger partial charge in [-0.2, -0.15) is 0 Å². The molecule has 0 saturated heterocycles. The van der Waals surface area contributed by atoms with Gasteiger partial charge in [-0.15, -0.1) is 11.8 Å². The van der Waals surface area contributed by atoms with Crippen LogP contribution in [-0.4, -0.2) is 22.8 Å². The van der Waals surface area contributed by atoms with Gasteiger partial charge in [0.1, 0.15) is 5.75 Å². The van der Waals surface area contributed by atoms with Crippen molar-refractivity contribution in [2.45, 2.75) is 18.4 Å². The Kier molecular flexibility index (Phi) is 6.54. The third-order valence-corrected chi connectivity index (χ3v) is 6.80. The van der Waals surface area contributed by atoms with Crippen LogP contribution in [0.3, 0.4) is 0 Å². The van der Waals surface area contributed by atoms with E-state index in [1.54, 1.807) is 23.9 Å². The largest absolute Gasteiger partial charge is 0.493 e. The average molecular weight is 467 g/mol. The van der Waals surface area contributed by atoms with E-state index in [1.807, 2.05) is 36.4 Å². The fourth-order valence-corrected chi connectivity index (χ4v) is 4.97. The molecule has 170 valence electrons. The molecule has 0 unspecified atom stereocenters. The van der Waals surface area contributed by atoms with Crippen LogP contribution in [0.25, 0.3) is 21.8 Å². The summed E-state index contributed by atoms with van der Waals surface area (Å²) in [5, 5.41) is 5.38. The van der Waals surface area contributed by atoms with E-state index in [-0.39, 0.29) is 5.91 Å². The zero-order valence-corrected chi connectivity index (χ0v) is 19.8. The molecular weight excluding hydrogens is 440 g/mol. The third kappa shape index (κ3) is 4.66. The van der Waals surface area contributed by atoms with Gasteiger partial charge < -0.3 is 14.6 Å². The number of nitrogens with one attached hydrogen (secondary N) is 1. The molecule has 1 amide bonds. The first-order valence-corrected chi connectivity index (χ1v) is 12.4. The number of ether oxygens (including phenoxy) is 1. The molecule has 0 fully saturated rings. The molecule has 34 heavy (non-hydrogen) atoms. The van der Waals surface area contributed by atoms with E-state index in [1.165, 1.54) is 21.3 Å². The van der Waals surface area contributed by atoms with Gasteiger partial charge in [-0.05, 0) is 67.6 Å². The highest BCUT2D eigenvalue weighted by Gasteiger charge is 2.12. The summed E-state index contributed by atoms with van der Waals surface area (Å²) in [6.45, 7) is 3.66. The average Bonchev–Trinajstić information content (AvgIpc) is 3.20.